The van der Waals surface area contributed by atoms with Gasteiger partial charge in [0.05, 0.1) is 6.54 Å². The fourth-order valence-electron chi connectivity index (χ4n) is 4.15. The largest absolute Gasteiger partial charge is 0.339 e. The molecule has 0 spiro atoms. The van der Waals surface area contributed by atoms with Crippen molar-refractivity contribution in [3.63, 3.8) is 0 Å². The molecule has 1 atom stereocenters. The number of amides is 2. The van der Waals surface area contributed by atoms with Crippen molar-refractivity contribution < 1.29 is 9.59 Å². The monoisotopic (exact) mass is 393 g/mol. The number of fused-ring (bicyclic) bond motifs is 1. The lowest BCUT2D eigenvalue weighted by molar-refractivity contribution is -0.117. The van der Waals surface area contributed by atoms with Gasteiger partial charge in [0.15, 0.2) is 0 Å². The Labute approximate surface area is 173 Å². The van der Waals surface area contributed by atoms with E-state index < -0.39 is 0 Å². The first kappa shape index (κ1) is 21.1. The van der Waals surface area contributed by atoms with E-state index in [0.717, 1.165) is 19.3 Å². The molecule has 0 heterocycles. The highest BCUT2D eigenvalue weighted by Crippen LogP contribution is 2.33. The van der Waals surface area contributed by atoms with Crippen LogP contribution in [0.25, 0.3) is 0 Å². The summed E-state index contributed by atoms with van der Waals surface area (Å²) >= 11 is 0. The summed E-state index contributed by atoms with van der Waals surface area (Å²) in [6.07, 6.45) is 3.32. The zero-order valence-corrected chi connectivity index (χ0v) is 17.6. The zero-order valence-electron chi connectivity index (χ0n) is 17.6. The highest BCUT2D eigenvalue weighted by Gasteiger charge is 2.24. The van der Waals surface area contributed by atoms with Crippen LogP contribution in [0, 0.1) is 0 Å². The Kier molecular flexibility index (Phi) is 7.04. The summed E-state index contributed by atoms with van der Waals surface area (Å²) in [5.41, 5.74) is 3.98. The van der Waals surface area contributed by atoms with Crippen LogP contribution in [-0.4, -0.2) is 48.3 Å². The van der Waals surface area contributed by atoms with Gasteiger partial charge < -0.3 is 10.2 Å². The summed E-state index contributed by atoms with van der Waals surface area (Å²) in [6, 6.07) is 16.0. The Balaban J connectivity index is 1.64. The molecule has 0 aliphatic heterocycles. The number of likely N-dealkylation sites (N-methyl/N-ethyl adjacent to an activating group) is 1. The first-order valence-electron chi connectivity index (χ1n) is 10.5. The van der Waals surface area contributed by atoms with Crippen molar-refractivity contribution in [2.24, 2.45) is 0 Å². The molecule has 0 saturated heterocycles. The maximum Gasteiger partial charge on any atom is 0.253 e. The number of hydrogen-bond acceptors (Lipinski definition) is 3. The van der Waals surface area contributed by atoms with Gasteiger partial charge in [0.2, 0.25) is 5.91 Å². The summed E-state index contributed by atoms with van der Waals surface area (Å²) in [7, 11) is 2.01. The van der Waals surface area contributed by atoms with E-state index in [-0.39, 0.29) is 17.9 Å². The summed E-state index contributed by atoms with van der Waals surface area (Å²) in [5, 5.41) is 2.95. The van der Waals surface area contributed by atoms with Gasteiger partial charge in [-0.15, -0.1) is 0 Å². The van der Waals surface area contributed by atoms with Gasteiger partial charge in [0, 0.05) is 30.4 Å². The van der Waals surface area contributed by atoms with E-state index in [9.17, 15) is 9.59 Å². The Bertz CT molecular complexity index is 861. The molecular formula is C24H31N3O2. The number of carbonyl (C=O) groups is 2. The number of benzene rings is 2. The van der Waals surface area contributed by atoms with Crippen LogP contribution in [0.3, 0.4) is 0 Å². The molecule has 1 aliphatic carbocycles. The average molecular weight is 394 g/mol. The molecule has 0 radical (unpaired) electrons. The fourth-order valence-corrected chi connectivity index (χ4v) is 4.15. The quantitative estimate of drug-likeness (QED) is 0.770. The smallest absolute Gasteiger partial charge is 0.253 e. The number of nitrogens with zero attached hydrogens (tertiary/aromatic N) is 2. The number of carbonyl (C=O) groups excluding carboxylic acids is 2. The molecule has 1 aliphatic rings. The predicted octanol–water partition coefficient (Wildman–Crippen LogP) is 4.12. The normalized spacial score (nSPS) is 15.7. The van der Waals surface area contributed by atoms with E-state index in [2.05, 4.69) is 34.5 Å². The molecule has 0 fully saturated rings. The van der Waals surface area contributed by atoms with E-state index in [1.807, 2.05) is 33.0 Å². The molecule has 5 heteroatoms. The van der Waals surface area contributed by atoms with Crippen LogP contribution in [-0.2, 0) is 11.2 Å². The molecule has 0 aromatic heterocycles. The Morgan fingerprint density at radius 1 is 1.07 bits per heavy atom. The molecule has 154 valence electrons. The lowest BCUT2D eigenvalue weighted by Gasteiger charge is -2.32. The van der Waals surface area contributed by atoms with E-state index in [1.165, 1.54) is 11.1 Å². The van der Waals surface area contributed by atoms with E-state index in [0.29, 0.717) is 30.9 Å². The maximum absolute atomic E-state index is 12.7. The average Bonchev–Trinajstić information content (AvgIpc) is 2.74. The van der Waals surface area contributed by atoms with Crippen molar-refractivity contribution in [2.45, 2.75) is 39.2 Å². The van der Waals surface area contributed by atoms with Crippen LogP contribution >= 0.6 is 0 Å². The molecule has 0 unspecified atom stereocenters. The topological polar surface area (TPSA) is 52.7 Å². The minimum Gasteiger partial charge on any atom is -0.339 e. The summed E-state index contributed by atoms with van der Waals surface area (Å²) < 4.78 is 0. The van der Waals surface area contributed by atoms with Gasteiger partial charge in [-0.1, -0.05) is 30.3 Å². The lowest BCUT2D eigenvalue weighted by atomic mass is 9.87. The summed E-state index contributed by atoms with van der Waals surface area (Å²) in [4.78, 5) is 29.1. The zero-order chi connectivity index (χ0) is 20.8. The van der Waals surface area contributed by atoms with Crippen molar-refractivity contribution in [2.75, 3.05) is 32.0 Å². The fraction of sp³-hybridized carbons (Fsp3) is 0.417. The van der Waals surface area contributed by atoms with Crippen LogP contribution in [0.1, 0.15) is 54.2 Å². The van der Waals surface area contributed by atoms with Gasteiger partial charge in [-0.05, 0) is 69.5 Å². The third-order valence-corrected chi connectivity index (χ3v) is 5.71. The van der Waals surface area contributed by atoms with Crippen LogP contribution in [0.5, 0.6) is 0 Å². The van der Waals surface area contributed by atoms with Gasteiger partial charge in [-0.3, -0.25) is 14.5 Å². The molecule has 29 heavy (non-hydrogen) atoms. The second-order valence-corrected chi connectivity index (χ2v) is 7.63. The lowest BCUT2D eigenvalue weighted by Crippen LogP contribution is -2.35. The minimum atomic E-state index is -0.0667. The Hall–Kier alpha value is -2.66. The van der Waals surface area contributed by atoms with Gasteiger partial charge in [0.1, 0.15) is 0 Å². The first-order valence-corrected chi connectivity index (χ1v) is 10.5. The first-order chi connectivity index (χ1) is 14.0. The molecule has 5 nitrogen and oxygen atoms in total. The van der Waals surface area contributed by atoms with E-state index >= 15 is 0 Å². The Morgan fingerprint density at radius 3 is 2.59 bits per heavy atom. The highest BCUT2D eigenvalue weighted by molar-refractivity contribution is 5.97. The third-order valence-electron chi connectivity index (χ3n) is 5.71. The predicted molar refractivity (Wildman–Crippen MR) is 117 cm³/mol. The van der Waals surface area contributed by atoms with Crippen molar-refractivity contribution in [3.8, 4) is 0 Å². The second-order valence-electron chi connectivity index (χ2n) is 7.63. The number of aryl methyl sites for hydroxylation is 1. The van der Waals surface area contributed by atoms with Gasteiger partial charge in [-0.2, -0.15) is 0 Å². The number of nitrogens with one attached hydrogen (secondary N) is 1. The van der Waals surface area contributed by atoms with Crippen LogP contribution in [0.2, 0.25) is 0 Å². The minimum absolute atomic E-state index is 0.0120. The van der Waals surface area contributed by atoms with Crippen LogP contribution in [0.4, 0.5) is 5.69 Å². The molecule has 1 N–H and O–H groups in total. The maximum atomic E-state index is 12.7. The SMILES string of the molecule is CCN(CC)C(=O)c1cccc(NC(=O)CN(C)[C@@H]2CCCc3ccccc32)c1. The van der Waals surface area contributed by atoms with E-state index in [1.54, 1.807) is 17.0 Å². The van der Waals surface area contributed by atoms with Gasteiger partial charge in [0.25, 0.3) is 5.91 Å². The molecule has 2 amide bonds. The van der Waals surface area contributed by atoms with Crippen LogP contribution in [0.15, 0.2) is 48.5 Å². The second kappa shape index (κ2) is 9.70. The van der Waals surface area contributed by atoms with Crippen molar-refractivity contribution in [3.05, 3.63) is 65.2 Å². The van der Waals surface area contributed by atoms with Crippen molar-refractivity contribution >= 4 is 17.5 Å². The summed E-state index contributed by atoms with van der Waals surface area (Å²) in [6.45, 7) is 5.57. The molecule has 2 aromatic carbocycles. The molecule has 0 bridgehead atoms. The van der Waals surface area contributed by atoms with E-state index in [4.69, 9.17) is 0 Å². The van der Waals surface area contributed by atoms with Crippen molar-refractivity contribution in [1.29, 1.82) is 0 Å². The number of rotatable bonds is 7. The standard InChI is InChI=1S/C24H31N3O2/c1-4-27(5-2)24(29)19-12-8-13-20(16-19)25-23(28)17-26(3)22-15-9-11-18-10-6-7-14-21(18)22/h6-8,10,12-14,16,22H,4-5,9,11,15,17H2,1-3H3,(H,25,28)/t22-/m1/s1. The van der Waals surface area contributed by atoms with Crippen LogP contribution < -0.4 is 5.32 Å². The Morgan fingerprint density at radius 2 is 1.83 bits per heavy atom. The van der Waals surface area contributed by atoms with Gasteiger partial charge in [-0.25, -0.2) is 0 Å². The third kappa shape index (κ3) is 5.04. The number of anilines is 1. The molecule has 0 saturated carbocycles. The highest BCUT2D eigenvalue weighted by atomic mass is 16.2. The molecule has 3 rings (SSSR count). The number of hydrogen-bond donors (Lipinski definition) is 1. The molecular weight excluding hydrogens is 362 g/mol. The molecule has 2 aromatic rings. The van der Waals surface area contributed by atoms with Gasteiger partial charge >= 0.3 is 0 Å². The summed E-state index contributed by atoms with van der Waals surface area (Å²) in [5.74, 6) is -0.0787. The van der Waals surface area contributed by atoms with Crippen molar-refractivity contribution in [1.82, 2.24) is 9.80 Å².